The van der Waals surface area contributed by atoms with E-state index < -0.39 is 5.97 Å². The Morgan fingerprint density at radius 2 is 2.17 bits per heavy atom. The van der Waals surface area contributed by atoms with Crippen molar-refractivity contribution >= 4 is 27.4 Å². The number of methoxy groups -OCH3 is 1. The van der Waals surface area contributed by atoms with Gasteiger partial charge in [0.25, 0.3) is 0 Å². The molecule has 0 unspecified atom stereocenters. The Balaban J connectivity index is 2.03. The Hall–Kier alpha value is -2.14. The average Bonchev–Trinajstić information content (AvgIpc) is 3.03. The molecule has 0 atom stereocenters. The van der Waals surface area contributed by atoms with Crippen molar-refractivity contribution in [3.8, 4) is 10.6 Å². The Morgan fingerprint density at radius 1 is 1.33 bits per heavy atom. The molecule has 0 radical (unpaired) electrons. The summed E-state index contributed by atoms with van der Waals surface area (Å²) in [6.45, 7) is 0. The molecule has 90 valence electrons. The molecule has 0 saturated carbocycles. The van der Waals surface area contributed by atoms with Gasteiger partial charge in [-0.05, 0) is 17.5 Å². The van der Waals surface area contributed by atoms with Crippen molar-refractivity contribution in [2.75, 3.05) is 7.11 Å². The summed E-state index contributed by atoms with van der Waals surface area (Å²) in [6.07, 6.45) is 0. The first-order valence-electron chi connectivity index (χ1n) is 5.32. The second-order valence-corrected chi connectivity index (χ2v) is 4.80. The van der Waals surface area contributed by atoms with Crippen LogP contribution in [0.4, 0.5) is 0 Å². The van der Waals surface area contributed by atoms with Crippen molar-refractivity contribution in [3.63, 3.8) is 0 Å². The summed E-state index contributed by atoms with van der Waals surface area (Å²) >= 11 is 1.60. The Kier molecular flexibility index (Phi) is 2.60. The minimum absolute atomic E-state index is 0.185. The lowest BCUT2D eigenvalue weighted by molar-refractivity contribution is 0.0589. The molecule has 0 aliphatic rings. The van der Waals surface area contributed by atoms with Gasteiger partial charge in [-0.2, -0.15) is 0 Å². The average molecular weight is 259 g/mol. The maximum absolute atomic E-state index is 11.3. The predicted molar refractivity (Wildman–Crippen MR) is 68.7 cm³/mol. The van der Waals surface area contributed by atoms with E-state index in [2.05, 4.69) is 9.89 Å². The molecule has 3 aromatic rings. The van der Waals surface area contributed by atoms with E-state index in [1.165, 1.54) is 11.8 Å². The first-order chi connectivity index (χ1) is 8.78. The molecule has 2 aromatic heterocycles. The van der Waals surface area contributed by atoms with Crippen LogP contribution >= 0.6 is 11.3 Å². The lowest BCUT2D eigenvalue weighted by Gasteiger charge is -1.88. The molecule has 0 spiro atoms. The number of thiophene rings is 1. The number of fused-ring (bicyclic) bond motifs is 1. The molecule has 18 heavy (non-hydrogen) atoms. The zero-order valence-corrected chi connectivity index (χ0v) is 10.4. The molecule has 3 rings (SSSR count). The molecule has 0 aliphatic heterocycles. The van der Waals surface area contributed by atoms with Gasteiger partial charge in [-0.15, -0.1) is 11.3 Å². The molecular formula is C13H9NO3S. The molecule has 0 fully saturated rings. The van der Waals surface area contributed by atoms with E-state index in [9.17, 15) is 4.79 Å². The number of ether oxygens (including phenoxy) is 1. The van der Waals surface area contributed by atoms with Gasteiger partial charge in [-0.25, -0.2) is 4.79 Å². The van der Waals surface area contributed by atoms with Crippen molar-refractivity contribution in [1.82, 2.24) is 5.16 Å². The number of hydrogen-bond donors (Lipinski definition) is 0. The summed E-state index contributed by atoms with van der Waals surface area (Å²) in [7, 11) is 1.32. The molecular weight excluding hydrogens is 250 g/mol. The van der Waals surface area contributed by atoms with Crippen LogP contribution in [0.1, 0.15) is 10.5 Å². The maximum Gasteiger partial charge on any atom is 0.360 e. The number of carbonyl (C=O) groups excluding carboxylic acids is 1. The fourth-order valence-corrected chi connectivity index (χ4v) is 2.71. The summed E-state index contributed by atoms with van der Waals surface area (Å²) in [5.74, 6) is 0.0858. The van der Waals surface area contributed by atoms with Crippen molar-refractivity contribution < 1.29 is 14.1 Å². The fourth-order valence-electron chi connectivity index (χ4n) is 1.70. The summed E-state index contributed by atoms with van der Waals surface area (Å²) in [4.78, 5) is 12.2. The number of esters is 1. The van der Waals surface area contributed by atoms with E-state index in [1.807, 2.05) is 30.3 Å². The van der Waals surface area contributed by atoms with E-state index in [4.69, 9.17) is 4.52 Å². The second kappa shape index (κ2) is 4.27. The minimum Gasteiger partial charge on any atom is -0.464 e. The zero-order valence-electron chi connectivity index (χ0n) is 9.54. The van der Waals surface area contributed by atoms with E-state index in [0.717, 1.165) is 10.3 Å². The monoisotopic (exact) mass is 259 g/mol. The summed E-state index contributed by atoms with van der Waals surface area (Å²) in [6, 6.07) is 11.7. The fraction of sp³-hybridized carbons (Fsp3) is 0.0769. The zero-order chi connectivity index (χ0) is 12.5. The summed E-state index contributed by atoms with van der Waals surface area (Å²) in [5, 5.41) is 4.84. The van der Waals surface area contributed by atoms with Crippen LogP contribution in [0.5, 0.6) is 0 Å². The Labute approximate surface area is 107 Å². The van der Waals surface area contributed by atoms with Gasteiger partial charge in [0.15, 0.2) is 11.5 Å². The first-order valence-corrected chi connectivity index (χ1v) is 6.13. The van der Waals surface area contributed by atoms with Crippen LogP contribution in [0, 0.1) is 0 Å². The predicted octanol–water partition coefficient (Wildman–Crippen LogP) is 3.34. The highest BCUT2D eigenvalue weighted by molar-refractivity contribution is 7.22. The number of benzene rings is 1. The van der Waals surface area contributed by atoms with E-state index in [1.54, 1.807) is 17.4 Å². The number of nitrogens with zero attached hydrogens (tertiary/aromatic N) is 1. The van der Waals surface area contributed by atoms with Crippen LogP contribution < -0.4 is 0 Å². The van der Waals surface area contributed by atoms with Crippen LogP contribution in [-0.4, -0.2) is 18.2 Å². The third-order valence-electron chi connectivity index (χ3n) is 2.57. The van der Waals surface area contributed by atoms with E-state index in [0.29, 0.717) is 5.76 Å². The van der Waals surface area contributed by atoms with Crippen LogP contribution in [0.2, 0.25) is 0 Å². The molecule has 0 bridgehead atoms. The van der Waals surface area contributed by atoms with Gasteiger partial charge >= 0.3 is 5.97 Å². The van der Waals surface area contributed by atoms with E-state index in [-0.39, 0.29) is 5.69 Å². The van der Waals surface area contributed by atoms with Crippen LogP contribution in [0.25, 0.3) is 20.7 Å². The van der Waals surface area contributed by atoms with Crippen LogP contribution in [0.3, 0.4) is 0 Å². The highest BCUT2D eigenvalue weighted by Crippen LogP contribution is 2.33. The van der Waals surface area contributed by atoms with Gasteiger partial charge in [0, 0.05) is 10.8 Å². The molecule has 0 saturated heterocycles. The van der Waals surface area contributed by atoms with Crippen molar-refractivity contribution in [3.05, 3.63) is 42.1 Å². The van der Waals surface area contributed by atoms with Gasteiger partial charge < -0.3 is 9.26 Å². The maximum atomic E-state index is 11.3. The smallest absolute Gasteiger partial charge is 0.360 e. The van der Waals surface area contributed by atoms with Gasteiger partial charge in [0.2, 0.25) is 0 Å². The molecule has 5 heteroatoms. The number of hydrogen-bond acceptors (Lipinski definition) is 5. The summed E-state index contributed by atoms with van der Waals surface area (Å²) < 4.78 is 10.9. The van der Waals surface area contributed by atoms with Crippen molar-refractivity contribution in [2.45, 2.75) is 0 Å². The highest BCUT2D eigenvalue weighted by atomic mass is 32.1. The molecule has 4 nitrogen and oxygen atoms in total. The number of carbonyl (C=O) groups is 1. The lowest BCUT2D eigenvalue weighted by Crippen LogP contribution is -2.00. The molecule has 2 heterocycles. The van der Waals surface area contributed by atoms with Gasteiger partial charge in [0.1, 0.15) is 0 Å². The molecule has 0 N–H and O–H groups in total. The molecule has 0 amide bonds. The normalized spacial score (nSPS) is 10.7. The Bertz CT molecular complexity index is 681. The molecule has 1 aromatic carbocycles. The first kappa shape index (κ1) is 11.0. The van der Waals surface area contributed by atoms with Gasteiger partial charge in [-0.1, -0.05) is 23.4 Å². The SMILES string of the molecule is COC(=O)c1cc(-c2cc3ccccc3s2)on1. The van der Waals surface area contributed by atoms with Crippen molar-refractivity contribution in [2.24, 2.45) is 0 Å². The third kappa shape index (κ3) is 1.78. The Morgan fingerprint density at radius 3 is 2.94 bits per heavy atom. The molecule has 0 aliphatic carbocycles. The van der Waals surface area contributed by atoms with Gasteiger partial charge in [-0.3, -0.25) is 0 Å². The third-order valence-corrected chi connectivity index (χ3v) is 3.70. The van der Waals surface area contributed by atoms with Crippen LogP contribution in [-0.2, 0) is 4.74 Å². The van der Waals surface area contributed by atoms with Crippen LogP contribution in [0.15, 0.2) is 40.9 Å². The minimum atomic E-state index is -0.494. The number of aromatic nitrogens is 1. The van der Waals surface area contributed by atoms with E-state index >= 15 is 0 Å². The van der Waals surface area contributed by atoms with Gasteiger partial charge in [0.05, 0.1) is 12.0 Å². The number of rotatable bonds is 2. The summed E-state index contributed by atoms with van der Waals surface area (Å²) in [5.41, 5.74) is 0.185. The lowest BCUT2D eigenvalue weighted by atomic mass is 10.2. The van der Waals surface area contributed by atoms with Crippen molar-refractivity contribution in [1.29, 1.82) is 0 Å². The largest absolute Gasteiger partial charge is 0.464 e. The quantitative estimate of drug-likeness (QED) is 0.662. The standard InChI is InChI=1S/C13H9NO3S/c1-16-13(15)9-7-10(17-14-9)12-6-8-4-2-3-5-11(8)18-12/h2-7H,1H3. The highest BCUT2D eigenvalue weighted by Gasteiger charge is 2.15. The topological polar surface area (TPSA) is 52.3 Å². The second-order valence-electron chi connectivity index (χ2n) is 3.72.